The van der Waals surface area contributed by atoms with Crippen molar-refractivity contribution in [2.75, 3.05) is 18.1 Å². The minimum Gasteiger partial charge on any atom is -0.470 e. The highest BCUT2D eigenvalue weighted by molar-refractivity contribution is 7.99. The van der Waals surface area contributed by atoms with E-state index in [1.807, 2.05) is 33.8 Å². The van der Waals surface area contributed by atoms with Crippen LogP contribution < -0.4 is 10.5 Å². The fourth-order valence-electron chi connectivity index (χ4n) is 1.17. The van der Waals surface area contributed by atoms with E-state index in [4.69, 9.17) is 15.6 Å². The lowest BCUT2D eigenvalue weighted by Gasteiger charge is -2.21. The molecule has 0 spiro atoms. The minimum atomic E-state index is -0.317. The largest absolute Gasteiger partial charge is 0.470 e. The van der Waals surface area contributed by atoms with Gasteiger partial charge in [-0.05, 0) is 38.8 Å². The summed E-state index contributed by atoms with van der Waals surface area (Å²) in [5.41, 5.74) is 6.07. The number of aromatic nitrogens is 1. The first-order chi connectivity index (χ1) is 8.31. The van der Waals surface area contributed by atoms with Crippen molar-refractivity contribution < 1.29 is 9.84 Å². The predicted octanol–water partition coefficient (Wildman–Crippen LogP) is 2.56. The summed E-state index contributed by atoms with van der Waals surface area (Å²) in [5.74, 6) is 1.55. The van der Waals surface area contributed by atoms with Crippen molar-refractivity contribution in [2.45, 2.75) is 38.3 Å². The van der Waals surface area contributed by atoms with E-state index in [0.29, 0.717) is 11.6 Å². The summed E-state index contributed by atoms with van der Waals surface area (Å²) in [6.45, 7) is 8.06. The van der Waals surface area contributed by atoms with Crippen LogP contribution in [0.3, 0.4) is 0 Å². The molecule has 0 aliphatic rings. The van der Waals surface area contributed by atoms with Gasteiger partial charge in [-0.2, -0.15) is 0 Å². The van der Waals surface area contributed by atoms with E-state index >= 15 is 0 Å². The highest BCUT2D eigenvalue weighted by Crippen LogP contribution is 2.27. The summed E-state index contributed by atoms with van der Waals surface area (Å²) in [7, 11) is 0. The molecule has 1 atom stereocenters. The van der Waals surface area contributed by atoms with E-state index in [2.05, 4.69) is 4.98 Å². The molecule has 0 bridgehead atoms. The zero-order valence-corrected chi connectivity index (χ0v) is 12.3. The number of nitrogen functional groups attached to an aromatic ring is 1. The van der Waals surface area contributed by atoms with Crippen LogP contribution in [0.2, 0.25) is 0 Å². The molecule has 0 radical (unpaired) electrons. The molecule has 5 heteroatoms. The Balaban J connectivity index is 2.74. The van der Waals surface area contributed by atoms with Crippen LogP contribution in [0.4, 0.5) is 5.69 Å². The second kappa shape index (κ2) is 6.29. The highest BCUT2D eigenvalue weighted by Gasteiger charge is 2.15. The molecule has 1 rings (SSSR count). The molecule has 1 aromatic rings. The van der Waals surface area contributed by atoms with E-state index in [9.17, 15) is 0 Å². The first-order valence-corrected chi connectivity index (χ1v) is 6.99. The van der Waals surface area contributed by atoms with Crippen LogP contribution in [0.15, 0.2) is 17.2 Å². The molecule has 0 aliphatic carbocycles. The zero-order valence-electron chi connectivity index (χ0n) is 11.4. The lowest BCUT2D eigenvalue weighted by molar-refractivity contribution is 0.124. The van der Waals surface area contributed by atoms with Gasteiger partial charge >= 0.3 is 0 Å². The van der Waals surface area contributed by atoms with Crippen molar-refractivity contribution in [2.24, 2.45) is 5.92 Å². The maximum atomic E-state index is 8.99. The molecule has 0 saturated carbocycles. The molecule has 3 N–H and O–H groups in total. The number of aliphatic hydroxyl groups is 1. The Morgan fingerprint density at radius 3 is 2.67 bits per heavy atom. The fraction of sp³-hybridized carbons (Fsp3) is 0.615. The minimum absolute atomic E-state index is 0.188. The van der Waals surface area contributed by atoms with Crippen molar-refractivity contribution in [3.8, 4) is 5.88 Å². The number of thioether (sulfide) groups is 1. The topological polar surface area (TPSA) is 68.4 Å². The molecule has 4 nitrogen and oxygen atoms in total. The average Bonchev–Trinajstić information content (AvgIpc) is 2.28. The first kappa shape index (κ1) is 15.1. The lowest BCUT2D eigenvalue weighted by Crippen LogP contribution is -2.24. The van der Waals surface area contributed by atoms with Gasteiger partial charge in [0.25, 0.3) is 0 Å². The number of anilines is 1. The van der Waals surface area contributed by atoms with E-state index in [1.54, 1.807) is 17.8 Å². The number of pyridine rings is 1. The Hall–Kier alpha value is -0.940. The van der Waals surface area contributed by atoms with Crippen LogP contribution in [-0.4, -0.2) is 28.1 Å². The van der Waals surface area contributed by atoms with Crippen LogP contribution in [0.25, 0.3) is 0 Å². The summed E-state index contributed by atoms with van der Waals surface area (Å²) in [5, 5.41) is 9.85. The maximum absolute atomic E-state index is 8.99. The Kier molecular flexibility index (Phi) is 5.28. The normalized spacial score (nSPS) is 13.4. The van der Waals surface area contributed by atoms with E-state index in [0.717, 1.165) is 10.8 Å². The third kappa shape index (κ3) is 5.14. The van der Waals surface area contributed by atoms with Gasteiger partial charge in [-0.3, -0.25) is 0 Å². The zero-order chi connectivity index (χ0) is 13.8. The molecular weight excluding hydrogens is 248 g/mol. The maximum Gasteiger partial charge on any atom is 0.238 e. The van der Waals surface area contributed by atoms with Gasteiger partial charge in [-0.1, -0.05) is 6.92 Å². The second-order valence-electron chi connectivity index (χ2n) is 5.36. The second-order valence-corrected chi connectivity index (χ2v) is 6.40. The first-order valence-electron chi connectivity index (χ1n) is 6.01. The van der Waals surface area contributed by atoms with Gasteiger partial charge in [0.2, 0.25) is 5.88 Å². The molecule has 1 aromatic heterocycles. The van der Waals surface area contributed by atoms with Crippen LogP contribution >= 0.6 is 11.8 Å². The number of rotatable bonds is 5. The Bertz CT molecular complexity index is 391. The van der Waals surface area contributed by atoms with Crippen molar-refractivity contribution >= 4 is 17.4 Å². The number of hydrogen-bond donors (Lipinski definition) is 2. The molecule has 0 amide bonds. The third-order valence-corrected chi connectivity index (χ3v) is 3.35. The molecular formula is C13H22N2O2S. The summed E-state index contributed by atoms with van der Waals surface area (Å²) < 4.78 is 5.71. The van der Waals surface area contributed by atoms with Gasteiger partial charge < -0.3 is 15.6 Å². The quantitative estimate of drug-likeness (QED) is 0.805. The van der Waals surface area contributed by atoms with Crippen molar-refractivity contribution in [1.82, 2.24) is 4.98 Å². The van der Waals surface area contributed by atoms with Gasteiger partial charge in [0.05, 0.1) is 5.69 Å². The third-order valence-electron chi connectivity index (χ3n) is 2.09. The molecule has 0 fully saturated rings. The van der Waals surface area contributed by atoms with E-state index < -0.39 is 0 Å². The van der Waals surface area contributed by atoms with Gasteiger partial charge in [-0.25, -0.2) is 4.98 Å². The number of ether oxygens (including phenoxy) is 1. The molecule has 0 saturated heterocycles. The monoisotopic (exact) mass is 270 g/mol. The number of nitrogens with zero attached hydrogens (tertiary/aromatic N) is 1. The summed E-state index contributed by atoms with van der Waals surface area (Å²) in [4.78, 5) is 4.40. The van der Waals surface area contributed by atoms with Gasteiger partial charge in [-0.15, -0.1) is 11.8 Å². The summed E-state index contributed by atoms with van der Waals surface area (Å²) >= 11 is 1.60. The fourth-order valence-corrected chi connectivity index (χ4v) is 2.04. The Morgan fingerprint density at radius 1 is 1.44 bits per heavy atom. The van der Waals surface area contributed by atoms with Crippen molar-refractivity contribution in [3.63, 3.8) is 0 Å². The van der Waals surface area contributed by atoms with Gasteiger partial charge in [0.1, 0.15) is 10.6 Å². The van der Waals surface area contributed by atoms with Crippen molar-refractivity contribution in [1.29, 1.82) is 0 Å². The van der Waals surface area contributed by atoms with Gasteiger partial charge in [0.15, 0.2) is 0 Å². The van der Waals surface area contributed by atoms with Crippen LogP contribution in [0.1, 0.15) is 27.7 Å². The number of nitrogens with two attached hydrogens (primary N) is 1. The molecule has 102 valence electrons. The smallest absolute Gasteiger partial charge is 0.238 e. The van der Waals surface area contributed by atoms with Crippen LogP contribution in [-0.2, 0) is 0 Å². The average molecular weight is 270 g/mol. The van der Waals surface area contributed by atoms with E-state index in [-0.39, 0.29) is 18.1 Å². The predicted molar refractivity (Wildman–Crippen MR) is 76.0 cm³/mol. The van der Waals surface area contributed by atoms with Gasteiger partial charge in [0, 0.05) is 12.4 Å². The van der Waals surface area contributed by atoms with Crippen LogP contribution in [0.5, 0.6) is 5.88 Å². The Morgan fingerprint density at radius 2 is 2.11 bits per heavy atom. The molecule has 0 aliphatic heterocycles. The molecule has 1 unspecified atom stereocenters. The molecule has 1 heterocycles. The summed E-state index contributed by atoms with van der Waals surface area (Å²) in [6.07, 6.45) is 0. The lowest BCUT2D eigenvalue weighted by atomic mass is 10.2. The highest BCUT2D eigenvalue weighted by atomic mass is 32.2. The standard InChI is InChI=1S/C13H22N2O2S/c1-9(7-16)8-18-11-6-5-10(14)12(15-11)17-13(2,3)4/h5-6,9,16H,7-8,14H2,1-4H3. The number of aliphatic hydroxyl groups excluding tert-OH is 1. The van der Waals surface area contributed by atoms with Crippen molar-refractivity contribution in [3.05, 3.63) is 12.1 Å². The SMILES string of the molecule is CC(CO)CSc1ccc(N)c(OC(C)(C)C)n1. The van der Waals surface area contributed by atoms with E-state index in [1.165, 1.54) is 0 Å². The number of hydrogen-bond acceptors (Lipinski definition) is 5. The summed E-state index contributed by atoms with van der Waals surface area (Å²) in [6, 6.07) is 3.68. The molecule has 0 aromatic carbocycles. The Labute approximate surface area is 113 Å². The van der Waals surface area contributed by atoms with Crippen LogP contribution in [0, 0.1) is 5.92 Å². The molecule has 18 heavy (non-hydrogen) atoms.